The average molecular weight is 234 g/mol. The third-order valence-corrected chi connectivity index (χ3v) is 3.11. The molecule has 0 spiro atoms. The standard InChI is InChI=1S/C14H18O3/c1-5-8-6-9-11(15)13(16)17-12(9)10(7-8)14(2,3)4/h6-7,11,15H,5H2,1-4H3. The zero-order chi connectivity index (χ0) is 12.8. The highest BCUT2D eigenvalue weighted by Gasteiger charge is 2.36. The fourth-order valence-corrected chi connectivity index (χ4v) is 2.08. The highest BCUT2D eigenvalue weighted by atomic mass is 16.6. The van der Waals surface area contributed by atoms with Crippen LogP contribution < -0.4 is 4.74 Å². The van der Waals surface area contributed by atoms with E-state index in [0.29, 0.717) is 11.3 Å². The van der Waals surface area contributed by atoms with Gasteiger partial charge in [0.05, 0.1) is 0 Å². The van der Waals surface area contributed by atoms with Crippen LogP contribution in [-0.4, -0.2) is 11.1 Å². The lowest BCUT2D eigenvalue weighted by atomic mass is 9.83. The molecule has 2 rings (SSSR count). The van der Waals surface area contributed by atoms with Gasteiger partial charge < -0.3 is 9.84 Å². The van der Waals surface area contributed by atoms with Gasteiger partial charge in [0.1, 0.15) is 5.75 Å². The van der Waals surface area contributed by atoms with Gasteiger partial charge in [-0.05, 0) is 23.5 Å². The van der Waals surface area contributed by atoms with Gasteiger partial charge in [0.25, 0.3) is 0 Å². The molecular weight excluding hydrogens is 216 g/mol. The van der Waals surface area contributed by atoms with Crippen LogP contribution in [0, 0.1) is 0 Å². The van der Waals surface area contributed by atoms with Crippen molar-refractivity contribution in [3.05, 3.63) is 28.8 Å². The quantitative estimate of drug-likeness (QED) is 0.600. The lowest BCUT2D eigenvalue weighted by Crippen LogP contribution is -2.13. The molecular formula is C14H18O3. The van der Waals surface area contributed by atoms with Crippen LogP contribution in [0.3, 0.4) is 0 Å². The summed E-state index contributed by atoms with van der Waals surface area (Å²) in [6.45, 7) is 8.26. The van der Waals surface area contributed by atoms with Crippen molar-refractivity contribution < 1.29 is 14.6 Å². The molecule has 1 aliphatic rings. The first-order valence-electron chi connectivity index (χ1n) is 5.91. The molecule has 1 aliphatic heterocycles. The first-order valence-corrected chi connectivity index (χ1v) is 5.91. The highest BCUT2D eigenvalue weighted by molar-refractivity contribution is 5.85. The van der Waals surface area contributed by atoms with Crippen molar-refractivity contribution in [3.63, 3.8) is 0 Å². The first-order chi connectivity index (χ1) is 7.84. The number of hydrogen-bond donors (Lipinski definition) is 1. The molecule has 1 unspecified atom stereocenters. The van der Waals surface area contributed by atoms with Crippen LogP contribution in [0.4, 0.5) is 0 Å². The van der Waals surface area contributed by atoms with Gasteiger partial charge >= 0.3 is 5.97 Å². The van der Waals surface area contributed by atoms with Gasteiger partial charge in [0, 0.05) is 11.1 Å². The molecule has 0 bridgehead atoms. The number of aliphatic hydroxyl groups is 1. The number of ether oxygens (including phenoxy) is 1. The number of carbonyl (C=O) groups is 1. The lowest BCUT2D eigenvalue weighted by Gasteiger charge is -2.22. The molecule has 0 radical (unpaired) electrons. The van der Waals surface area contributed by atoms with Gasteiger partial charge in [-0.3, -0.25) is 0 Å². The Morgan fingerprint density at radius 2 is 2.00 bits per heavy atom. The third kappa shape index (κ3) is 1.95. The minimum absolute atomic E-state index is 0.112. The Bertz CT molecular complexity index is 469. The summed E-state index contributed by atoms with van der Waals surface area (Å²) in [7, 11) is 0. The number of hydrogen-bond acceptors (Lipinski definition) is 3. The van der Waals surface area contributed by atoms with Crippen molar-refractivity contribution >= 4 is 5.97 Å². The molecule has 0 saturated heterocycles. The Labute approximate surface area is 101 Å². The van der Waals surface area contributed by atoms with E-state index in [1.807, 2.05) is 6.07 Å². The van der Waals surface area contributed by atoms with E-state index < -0.39 is 12.1 Å². The van der Waals surface area contributed by atoms with E-state index in [4.69, 9.17) is 4.74 Å². The molecule has 1 N–H and O–H groups in total. The Hall–Kier alpha value is -1.35. The normalized spacial score (nSPS) is 19.1. The number of esters is 1. The Morgan fingerprint density at radius 1 is 1.35 bits per heavy atom. The molecule has 3 nitrogen and oxygen atoms in total. The molecule has 92 valence electrons. The topological polar surface area (TPSA) is 46.5 Å². The number of rotatable bonds is 1. The summed E-state index contributed by atoms with van der Waals surface area (Å²) in [4.78, 5) is 11.4. The molecule has 1 heterocycles. The predicted octanol–water partition coefficient (Wildman–Crippen LogP) is 2.50. The summed E-state index contributed by atoms with van der Waals surface area (Å²) < 4.78 is 5.19. The molecule has 1 aromatic rings. The molecule has 1 atom stereocenters. The number of aliphatic hydroxyl groups excluding tert-OH is 1. The molecule has 17 heavy (non-hydrogen) atoms. The van der Waals surface area contributed by atoms with E-state index in [1.165, 1.54) is 0 Å². The molecule has 0 fully saturated rings. The maximum absolute atomic E-state index is 11.4. The summed E-state index contributed by atoms with van der Waals surface area (Å²) >= 11 is 0. The summed E-state index contributed by atoms with van der Waals surface area (Å²) in [6, 6.07) is 3.92. The summed E-state index contributed by atoms with van der Waals surface area (Å²) in [5.41, 5.74) is 2.60. The fourth-order valence-electron chi connectivity index (χ4n) is 2.08. The largest absolute Gasteiger partial charge is 0.424 e. The predicted molar refractivity (Wildman–Crippen MR) is 65.1 cm³/mol. The Balaban J connectivity index is 2.66. The fraction of sp³-hybridized carbons (Fsp3) is 0.500. The van der Waals surface area contributed by atoms with Crippen LogP contribution in [-0.2, 0) is 16.6 Å². The SMILES string of the molecule is CCc1cc2c(c(C(C)(C)C)c1)OC(=O)C2O. The first kappa shape index (κ1) is 12.1. The van der Waals surface area contributed by atoms with E-state index in [-0.39, 0.29) is 5.41 Å². The summed E-state index contributed by atoms with van der Waals surface area (Å²) in [6.07, 6.45) is -0.255. The lowest BCUT2D eigenvalue weighted by molar-refractivity contribution is -0.140. The van der Waals surface area contributed by atoms with Crippen molar-refractivity contribution in [2.45, 2.75) is 45.6 Å². The minimum Gasteiger partial charge on any atom is -0.424 e. The second-order valence-electron chi connectivity index (χ2n) is 5.49. The van der Waals surface area contributed by atoms with E-state index in [2.05, 4.69) is 33.8 Å². The average Bonchev–Trinajstić information content (AvgIpc) is 2.53. The van der Waals surface area contributed by atoms with Crippen LogP contribution in [0.25, 0.3) is 0 Å². The highest BCUT2D eigenvalue weighted by Crippen LogP contribution is 2.42. The van der Waals surface area contributed by atoms with Gasteiger partial charge in [0.2, 0.25) is 0 Å². The van der Waals surface area contributed by atoms with Crippen LogP contribution in [0.1, 0.15) is 50.5 Å². The number of aryl methyl sites for hydroxylation is 1. The summed E-state index contributed by atoms with van der Waals surface area (Å²) in [5, 5.41) is 9.79. The molecule has 0 saturated carbocycles. The van der Waals surface area contributed by atoms with Gasteiger partial charge in [-0.1, -0.05) is 33.8 Å². The molecule has 0 aliphatic carbocycles. The maximum atomic E-state index is 11.4. The van der Waals surface area contributed by atoms with Gasteiger partial charge in [0.15, 0.2) is 6.10 Å². The number of fused-ring (bicyclic) bond motifs is 1. The Morgan fingerprint density at radius 3 is 2.53 bits per heavy atom. The van der Waals surface area contributed by atoms with Gasteiger partial charge in [-0.15, -0.1) is 0 Å². The number of benzene rings is 1. The Kier molecular flexibility index (Phi) is 2.74. The van der Waals surface area contributed by atoms with E-state index in [9.17, 15) is 9.90 Å². The second kappa shape index (κ2) is 3.84. The number of carbonyl (C=O) groups excluding carboxylic acids is 1. The summed E-state index contributed by atoms with van der Waals surface area (Å²) in [5.74, 6) is -0.0223. The second-order valence-corrected chi connectivity index (χ2v) is 5.49. The molecule has 1 aromatic carbocycles. The van der Waals surface area contributed by atoms with Crippen molar-refractivity contribution in [2.75, 3.05) is 0 Å². The minimum atomic E-state index is -1.13. The van der Waals surface area contributed by atoms with E-state index in [1.54, 1.807) is 0 Å². The van der Waals surface area contributed by atoms with Crippen molar-refractivity contribution in [2.24, 2.45) is 0 Å². The molecule has 0 amide bonds. The van der Waals surface area contributed by atoms with Crippen molar-refractivity contribution in [1.82, 2.24) is 0 Å². The van der Waals surface area contributed by atoms with Crippen molar-refractivity contribution in [1.29, 1.82) is 0 Å². The van der Waals surface area contributed by atoms with Crippen LogP contribution in [0.15, 0.2) is 12.1 Å². The van der Waals surface area contributed by atoms with Crippen LogP contribution in [0.2, 0.25) is 0 Å². The van der Waals surface area contributed by atoms with Crippen LogP contribution >= 0.6 is 0 Å². The van der Waals surface area contributed by atoms with E-state index >= 15 is 0 Å². The molecule has 0 aromatic heterocycles. The van der Waals surface area contributed by atoms with Gasteiger partial charge in [-0.25, -0.2) is 4.79 Å². The maximum Gasteiger partial charge on any atom is 0.345 e. The zero-order valence-corrected chi connectivity index (χ0v) is 10.7. The third-order valence-electron chi connectivity index (χ3n) is 3.11. The monoisotopic (exact) mass is 234 g/mol. The molecule has 3 heteroatoms. The zero-order valence-electron chi connectivity index (χ0n) is 10.7. The smallest absolute Gasteiger partial charge is 0.345 e. The van der Waals surface area contributed by atoms with E-state index in [0.717, 1.165) is 17.5 Å². The van der Waals surface area contributed by atoms with Gasteiger partial charge in [-0.2, -0.15) is 0 Å². The van der Waals surface area contributed by atoms with Crippen molar-refractivity contribution in [3.8, 4) is 5.75 Å². The van der Waals surface area contributed by atoms with Crippen LogP contribution in [0.5, 0.6) is 5.75 Å².